The molecule has 0 saturated heterocycles. The summed E-state index contributed by atoms with van der Waals surface area (Å²) in [5.74, 6) is -2.48. The number of benzene rings is 1. The van der Waals surface area contributed by atoms with Crippen molar-refractivity contribution in [3.05, 3.63) is 59.3 Å². The Morgan fingerprint density at radius 3 is 2.52 bits per heavy atom. The Balaban J connectivity index is 2.07. The summed E-state index contributed by atoms with van der Waals surface area (Å²) in [4.78, 5) is 28.3. The zero-order chi connectivity index (χ0) is 19.8. The van der Waals surface area contributed by atoms with E-state index in [0.717, 1.165) is 17.7 Å². The number of rotatable bonds is 8. The van der Waals surface area contributed by atoms with Crippen molar-refractivity contribution in [2.75, 3.05) is 19.3 Å². The molecule has 1 aromatic heterocycles. The smallest absolute Gasteiger partial charge is 0.243 e. The van der Waals surface area contributed by atoms with Crippen molar-refractivity contribution in [2.45, 2.75) is 19.0 Å². The molecule has 0 spiro atoms. The molecule has 0 unspecified atom stereocenters. The van der Waals surface area contributed by atoms with Crippen LogP contribution in [0.15, 0.2) is 36.5 Å². The number of aromatic nitrogens is 1. The lowest BCUT2D eigenvalue weighted by Gasteiger charge is -2.19. The van der Waals surface area contributed by atoms with Gasteiger partial charge in [0, 0.05) is 19.2 Å². The lowest BCUT2D eigenvalue weighted by molar-refractivity contribution is -0.128. The second-order valence-corrected chi connectivity index (χ2v) is 5.91. The molecule has 1 heterocycles. The van der Waals surface area contributed by atoms with E-state index in [0.29, 0.717) is 11.4 Å². The number of pyridine rings is 1. The van der Waals surface area contributed by atoms with Gasteiger partial charge in [0.15, 0.2) is 11.6 Å². The number of halogens is 2. The maximum Gasteiger partial charge on any atom is 0.243 e. The van der Waals surface area contributed by atoms with Gasteiger partial charge in [0.25, 0.3) is 0 Å². The predicted molar refractivity (Wildman–Crippen MR) is 96.4 cm³/mol. The van der Waals surface area contributed by atoms with Gasteiger partial charge in [-0.3, -0.25) is 9.59 Å². The molecule has 5 N–H and O–H groups in total. The molecule has 2 rings (SSSR count). The molecule has 2 amide bonds. The molecule has 1 aromatic carbocycles. The molecule has 0 bridgehead atoms. The fraction of sp³-hybridized carbons (Fsp3) is 0.278. The van der Waals surface area contributed by atoms with Gasteiger partial charge < -0.3 is 21.7 Å². The van der Waals surface area contributed by atoms with Gasteiger partial charge in [0.2, 0.25) is 11.8 Å². The highest BCUT2D eigenvalue weighted by molar-refractivity contribution is 5.88. The van der Waals surface area contributed by atoms with Gasteiger partial charge in [0.05, 0.1) is 6.54 Å². The van der Waals surface area contributed by atoms with Crippen molar-refractivity contribution >= 4 is 17.6 Å². The standard InChI is InChI=1S/C18H21F2N5O2/c1-22-10-17(26)25-15(7-11-2-4-13(19)14(20)6-11)18(27)24-9-12-3-5-16(21)23-8-12/h2-6,8,15,22H,7,9-10H2,1H3,(H2,21,23)(H,24,27)(H,25,26)/t15-/m0/s1. The molecule has 1 atom stereocenters. The molecule has 0 aliphatic carbocycles. The van der Waals surface area contributed by atoms with Crippen LogP contribution in [0.3, 0.4) is 0 Å². The van der Waals surface area contributed by atoms with Crippen LogP contribution in [-0.4, -0.2) is 36.4 Å². The molecule has 2 aromatic rings. The summed E-state index contributed by atoms with van der Waals surface area (Å²) in [5, 5.41) is 7.95. The molecular formula is C18H21F2N5O2. The first kappa shape index (κ1) is 20.2. The van der Waals surface area contributed by atoms with E-state index in [-0.39, 0.29) is 19.5 Å². The summed E-state index contributed by atoms with van der Waals surface area (Å²) in [6.45, 7) is 0.200. The summed E-state index contributed by atoms with van der Waals surface area (Å²) in [7, 11) is 1.60. The minimum absolute atomic E-state index is 0.0124. The zero-order valence-corrected chi connectivity index (χ0v) is 14.8. The Morgan fingerprint density at radius 2 is 1.89 bits per heavy atom. The Labute approximate surface area is 155 Å². The zero-order valence-electron chi connectivity index (χ0n) is 14.8. The summed E-state index contributed by atoms with van der Waals surface area (Å²) in [5.41, 5.74) is 6.62. The molecule has 27 heavy (non-hydrogen) atoms. The maximum atomic E-state index is 13.4. The average Bonchev–Trinajstić information content (AvgIpc) is 2.63. The highest BCUT2D eigenvalue weighted by Gasteiger charge is 2.21. The monoisotopic (exact) mass is 377 g/mol. The third kappa shape index (κ3) is 6.30. The van der Waals surface area contributed by atoms with Crippen molar-refractivity contribution in [3.8, 4) is 0 Å². The van der Waals surface area contributed by atoms with E-state index in [1.54, 1.807) is 19.2 Å². The van der Waals surface area contributed by atoms with Crippen LogP contribution in [-0.2, 0) is 22.6 Å². The maximum absolute atomic E-state index is 13.4. The van der Waals surface area contributed by atoms with E-state index < -0.39 is 29.5 Å². The number of hydrogen-bond donors (Lipinski definition) is 4. The van der Waals surface area contributed by atoms with Gasteiger partial charge in [-0.15, -0.1) is 0 Å². The SMILES string of the molecule is CNCC(=O)N[C@@H](Cc1ccc(F)c(F)c1)C(=O)NCc1ccc(N)nc1. The van der Waals surface area contributed by atoms with Crippen LogP contribution in [0.4, 0.5) is 14.6 Å². The fourth-order valence-corrected chi connectivity index (χ4v) is 2.37. The number of carbonyl (C=O) groups excluding carboxylic acids is 2. The van der Waals surface area contributed by atoms with Gasteiger partial charge >= 0.3 is 0 Å². The summed E-state index contributed by atoms with van der Waals surface area (Å²) in [6.07, 6.45) is 1.54. The lowest BCUT2D eigenvalue weighted by Crippen LogP contribution is -2.49. The van der Waals surface area contributed by atoms with Gasteiger partial charge in [-0.25, -0.2) is 13.8 Å². The van der Waals surface area contributed by atoms with Crippen molar-refractivity contribution in [2.24, 2.45) is 0 Å². The van der Waals surface area contributed by atoms with Crippen molar-refractivity contribution in [1.29, 1.82) is 0 Å². The van der Waals surface area contributed by atoms with E-state index in [9.17, 15) is 18.4 Å². The molecule has 9 heteroatoms. The van der Waals surface area contributed by atoms with Crippen LogP contribution in [0.25, 0.3) is 0 Å². The molecule has 0 saturated carbocycles. The van der Waals surface area contributed by atoms with Crippen LogP contribution in [0.1, 0.15) is 11.1 Å². The van der Waals surface area contributed by atoms with E-state index in [2.05, 4.69) is 20.9 Å². The number of likely N-dealkylation sites (N-methyl/N-ethyl adjacent to an activating group) is 1. The fourth-order valence-electron chi connectivity index (χ4n) is 2.37. The number of nitrogens with zero attached hydrogens (tertiary/aromatic N) is 1. The molecular weight excluding hydrogens is 356 g/mol. The van der Waals surface area contributed by atoms with Crippen LogP contribution in [0, 0.1) is 11.6 Å². The van der Waals surface area contributed by atoms with Crippen LogP contribution in [0.2, 0.25) is 0 Å². The van der Waals surface area contributed by atoms with Gasteiger partial charge in [0.1, 0.15) is 11.9 Å². The summed E-state index contributed by atoms with van der Waals surface area (Å²) in [6, 6.07) is 5.73. The summed E-state index contributed by atoms with van der Waals surface area (Å²) >= 11 is 0. The molecule has 144 valence electrons. The topological polar surface area (TPSA) is 109 Å². The number of amides is 2. The number of nitrogen functional groups attached to an aromatic ring is 1. The first-order chi connectivity index (χ1) is 12.9. The minimum atomic E-state index is -1.01. The quantitative estimate of drug-likeness (QED) is 0.536. The Hall–Kier alpha value is -3.07. The first-order valence-corrected chi connectivity index (χ1v) is 8.25. The predicted octanol–water partition coefficient (Wildman–Crippen LogP) is 0.505. The number of nitrogens with one attached hydrogen (secondary N) is 3. The van der Waals surface area contributed by atoms with Crippen LogP contribution >= 0.6 is 0 Å². The Bertz CT molecular complexity index is 799. The van der Waals surface area contributed by atoms with Crippen molar-refractivity contribution < 1.29 is 18.4 Å². The number of anilines is 1. The van der Waals surface area contributed by atoms with E-state index in [1.807, 2.05) is 0 Å². The molecule has 7 nitrogen and oxygen atoms in total. The van der Waals surface area contributed by atoms with E-state index >= 15 is 0 Å². The van der Waals surface area contributed by atoms with Gasteiger partial charge in [-0.1, -0.05) is 12.1 Å². The highest BCUT2D eigenvalue weighted by Crippen LogP contribution is 2.11. The minimum Gasteiger partial charge on any atom is -0.384 e. The Morgan fingerprint density at radius 1 is 1.15 bits per heavy atom. The third-order valence-electron chi connectivity index (χ3n) is 3.73. The summed E-state index contributed by atoms with van der Waals surface area (Å²) < 4.78 is 26.5. The average molecular weight is 377 g/mol. The second-order valence-electron chi connectivity index (χ2n) is 5.91. The third-order valence-corrected chi connectivity index (χ3v) is 3.73. The molecule has 0 aliphatic heterocycles. The first-order valence-electron chi connectivity index (χ1n) is 8.25. The van der Waals surface area contributed by atoms with Crippen LogP contribution < -0.4 is 21.7 Å². The number of nitrogens with two attached hydrogens (primary N) is 1. The van der Waals surface area contributed by atoms with Gasteiger partial charge in [-0.05, 0) is 36.4 Å². The van der Waals surface area contributed by atoms with Crippen LogP contribution in [0.5, 0.6) is 0 Å². The van der Waals surface area contributed by atoms with E-state index in [4.69, 9.17) is 5.73 Å². The normalized spacial score (nSPS) is 11.7. The highest BCUT2D eigenvalue weighted by atomic mass is 19.2. The van der Waals surface area contributed by atoms with E-state index in [1.165, 1.54) is 12.3 Å². The van der Waals surface area contributed by atoms with Gasteiger partial charge in [-0.2, -0.15) is 0 Å². The second kappa shape index (κ2) is 9.58. The van der Waals surface area contributed by atoms with Crippen molar-refractivity contribution in [1.82, 2.24) is 20.9 Å². The largest absolute Gasteiger partial charge is 0.384 e. The molecule has 0 radical (unpaired) electrons. The lowest BCUT2D eigenvalue weighted by atomic mass is 10.0. The molecule has 0 aliphatic rings. The van der Waals surface area contributed by atoms with Crippen molar-refractivity contribution in [3.63, 3.8) is 0 Å². The Kier molecular flexibility index (Phi) is 7.18. The number of carbonyl (C=O) groups is 2. The number of hydrogen-bond acceptors (Lipinski definition) is 5. The molecule has 0 fully saturated rings.